The minimum absolute atomic E-state index is 0.0364. The Labute approximate surface area is 154 Å². The Kier molecular flexibility index (Phi) is 6.21. The average molecular weight is 376 g/mol. The van der Waals surface area contributed by atoms with Gasteiger partial charge in [0.1, 0.15) is 0 Å². The van der Waals surface area contributed by atoms with E-state index in [9.17, 15) is 14.9 Å². The van der Waals surface area contributed by atoms with Gasteiger partial charge in [0.05, 0.1) is 15.6 Å². The van der Waals surface area contributed by atoms with E-state index in [0.717, 1.165) is 11.1 Å². The van der Waals surface area contributed by atoms with E-state index >= 15 is 0 Å². The second-order valence-corrected chi connectivity index (χ2v) is 5.92. The summed E-state index contributed by atoms with van der Waals surface area (Å²) in [6.45, 7) is 1.98. The van der Waals surface area contributed by atoms with Crippen LogP contribution in [0.2, 0.25) is 5.02 Å². The van der Waals surface area contributed by atoms with Gasteiger partial charge in [-0.15, -0.1) is 0 Å². The number of non-ortho nitro benzene ring substituents is 1. The van der Waals surface area contributed by atoms with E-state index in [4.69, 9.17) is 23.8 Å². The van der Waals surface area contributed by atoms with Crippen LogP contribution in [-0.2, 0) is 4.79 Å². The molecule has 0 heterocycles. The first-order chi connectivity index (χ1) is 11.8. The van der Waals surface area contributed by atoms with Gasteiger partial charge in [-0.3, -0.25) is 20.2 Å². The molecule has 0 radical (unpaired) electrons. The lowest BCUT2D eigenvalue weighted by atomic mass is 10.1. The SMILES string of the molecule is Cc1ccc(/C=C/C(=O)NC(=S)Nc2ccc([N+](=O)[O-])cc2Cl)cc1. The monoisotopic (exact) mass is 375 g/mol. The number of aryl methyl sites for hydroxylation is 1. The standard InChI is InChI=1S/C17H14ClN3O3S/c1-11-2-4-12(5-3-11)6-9-16(22)20-17(25)19-15-8-7-13(21(23)24)10-14(15)18/h2-10H,1H3,(H2,19,20,22,25)/b9-6+. The van der Waals surface area contributed by atoms with Gasteiger partial charge >= 0.3 is 0 Å². The molecule has 2 aromatic carbocycles. The van der Waals surface area contributed by atoms with Crippen molar-refractivity contribution in [3.8, 4) is 0 Å². The van der Waals surface area contributed by atoms with Crippen molar-refractivity contribution in [3.63, 3.8) is 0 Å². The van der Waals surface area contributed by atoms with Crippen molar-refractivity contribution >= 4 is 52.3 Å². The highest BCUT2D eigenvalue weighted by molar-refractivity contribution is 7.80. The van der Waals surface area contributed by atoms with Crippen molar-refractivity contribution in [3.05, 3.63) is 74.8 Å². The van der Waals surface area contributed by atoms with E-state index < -0.39 is 10.8 Å². The molecule has 128 valence electrons. The fourth-order valence-corrected chi connectivity index (χ4v) is 2.31. The molecule has 2 rings (SSSR count). The molecule has 8 heteroatoms. The maximum absolute atomic E-state index is 11.9. The lowest BCUT2D eigenvalue weighted by Crippen LogP contribution is -2.32. The van der Waals surface area contributed by atoms with Gasteiger partial charge in [0.15, 0.2) is 5.11 Å². The Hall–Kier alpha value is -2.77. The van der Waals surface area contributed by atoms with Gasteiger partial charge in [0.25, 0.3) is 5.69 Å². The molecular formula is C17H14ClN3O3S. The number of rotatable bonds is 4. The summed E-state index contributed by atoms with van der Waals surface area (Å²) < 4.78 is 0. The lowest BCUT2D eigenvalue weighted by molar-refractivity contribution is -0.384. The van der Waals surface area contributed by atoms with Crippen LogP contribution in [0.25, 0.3) is 6.08 Å². The van der Waals surface area contributed by atoms with Gasteiger partial charge < -0.3 is 5.32 Å². The Morgan fingerprint density at radius 1 is 1.24 bits per heavy atom. The number of nitro groups is 1. The van der Waals surface area contributed by atoms with E-state index in [0.29, 0.717) is 5.69 Å². The topological polar surface area (TPSA) is 84.3 Å². The largest absolute Gasteiger partial charge is 0.331 e. The maximum Gasteiger partial charge on any atom is 0.271 e. The fourth-order valence-electron chi connectivity index (χ4n) is 1.88. The van der Waals surface area contributed by atoms with Crippen LogP contribution in [0.1, 0.15) is 11.1 Å². The molecule has 1 amide bonds. The van der Waals surface area contributed by atoms with Crippen LogP contribution in [0.3, 0.4) is 0 Å². The fraction of sp³-hybridized carbons (Fsp3) is 0.0588. The summed E-state index contributed by atoms with van der Waals surface area (Å²) in [5, 5.41) is 16.0. The summed E-state index contributed by atoms with van der Waals surface area (Å²) in [7, 11) is 0. The van der Waals surface area contributed by atoms with Crippen molar-refractivity contribution in [1.82, 2.24) is 5.32 Å². The molecule has 0 saturated carbocycles. The lowest BCUT2D eigenvalue weighted by Gasteiger charge is -2.09. The molecular weight excluding hydrogens is 362 g/mol. The summed E-state index contributed by atoms with van der Waals surface area (Å²) in [5.41, 5.74) is 2.25. The summed E-state index contributed by atoms with van der Waals surface area (Å²) in [6.07, 6.45) is 3.02. The molecule has 2 N–H and O–H groups in total. The van der Waals surface area contributed by atoms with E-state index in [1.807, 2.05) is 31.2 Å². The van der Waals surface area contributed by atoms with Crippen molar-refractivity contribution in [1.29, 1.82) is 0 Å². The van der Waals surface area contributed by atoms with E-state index in [1.165, 1.54) is 24.3 Å². The van der Waals surface area contributed by atoms with Crippen molar-refractivity contribution < 1.29 is 9.72 Å². The summed E-state index contributed by atoms with van der Waals surface area (Å²) >= 11 is 11.0. The highest BCUT2D eigenvalue weighted by Crippen LogP contribution is 2.26. The third kappa shape index (κ3) is 5.66. The first-order valence-corrected chi connectivity index (χ1v) is 7.94. The third-order valence-corrected chi connectivity index (χ3v) is 3.67. The summed E-state index contributed by atoms with van der Waals surface area (Å²) in [4.78, 5) is 22.0. The second-order valence-electron chi connectivity index (χ2n) is 5.11. The zero-order valence-corrected chi connectivity index (χ0v) is 14.7. The molecule has 0 unspecified atom stereocenters. The number of carbonyl (C=O) groups excluding carboxylic acids is 1. The average Bonchev–Trinajstić information content (AvgIpc) is 2.56. The van der Waals surface area contributed by atoms with Gasteiger partial charge in [0.2, 0.25) is 5.91 Å². The molecule has 25 heavy (non-hydrogen) atoms. The highest BCUT2D eigenvalue weighted by Gasteiger charge is 2.10. The summed E-state index contributed by atoms with van der Waals surface area (Å²) in [5.74, 6) is -0.406. The Morgan fingerprint density at radius 3 is 2.52 bits per heavy atom. The molecule has 2 aromatic rings. The molecule has 6 nitrogen and oxygen atoms in total. The van der Waals surface area contributed by atoms with Crippen molar-refractivity contribution in [2.24, 2.45) is 0 Å². The van der Waals surface area contributed by atoms with E-state index in [2.05, 4.69) is 10.6 Å². The van der Waals surface area contributed by atoms with Gasteiger partial charge in [-0.1, -0.05) is 41.4 Å². The van der Waals surface area contributed by atoms with Gasteiger partial charge in [-0.25, -0.2) is 0 Å². The third-order valence-electron chi connectivity index (χ3n) is 3.15. The maximum atomic E-state index is 11.9. The molecule has 0 saturated heterocycles. The number of nitrogens with zero attached hydrogens (tertiary/aromatic N) is 1. The highest BCUT2D eigenvalue weighted by atomic mass is 35.5. The smallest absolute Gasteiger partial charge is 0.271 e. The number of hydrogen-bond acceptors (Lipinski definition) is 4. The van der Waals surface area contributed by atoms with Crippen LogP contribution in [0.4, 0.5) is 11.4 Å². The quantitative estimate of drug-likeness (QED) is 0.364. The minimum atomic E-state index is -0.550. The zero-order chi connectivity index (χ0) is 18.4. The molecule has 0 atom stereocenters. The first-order valence-electron chi connectivity index (χ1n) is 7.16. The number of halogens is 1. The van der Waals surface area contributed by atoms with Gasteiger partial charge in [-0.2, -0.15) is 0 Å². The molecule has 0 spiro atoms. The minimum Gasteiger partial charge on any atom is -0.331 e. The van der Waals surface area contributed by atoms with Crippen LogP contribution < -0.4 is 10.6 Å². The zero-order valence-electron chi connectivity index (χ0n) is 13.2. The van der Waals surface area contributed by atoms with Crippen molar-refractivity contribution in [2.75, 3.05) is 5.32 Å². The number of nitro benzene ring substituents is 1. The van der Waals surface area contributed by atoms with E-state index in [-0.39, 0.29) is 15.8 Å². The number of thiocarbonyl (C=S) groups is 1. The van der Waals surface area contributed by atoms with Crippen LogP contribution in [0.5, 0.6) is 0 Å². The molecule has 0 aliphatic rings. The number of nitrogens with one attached hydrogen (secondary N) is 2. The Balaban J connectivity index is 1.94. The van der Waals surface area contributed by atoms with Gasteiger partial charge in [0, 0.05) is 18.2 Å². The number of carbonyl (C=O) groups is 1. The van der Waals surface area contributed by atoms with Crippen LogP contribution in [0.15, 0.2) is 48.5 Å². The predicted octanol–water partition coefficient (Wildman–Crippen LogP) is 4.08. The molecule has 0 fully saturated rings. The van der Waals surface area contributed by atoms with Crippen molar-refractivity contribution in [2.45, 2.75) is 6.92 Å². The summed E-state index contributed by atoms with van der Waals surface area (Å²) in [6, 6.07) is 11.6. The molecule has 0 aliphatic heterocycles. The van der Waals surface area contributed by atoms with Crippen LogP contribution in [-0.4, -0.2) is 15.9 Å². The molecule has 0 bridgehead atoms. The number of benzene rings is 2. The predicted molar refractivity (Wildman–Crippen MR) is 103 cm³/mol. The number of anilines is 1. The Morgan fingerprint density at radius 2 is 1.92 bits per heavy atom. The Bertz CT molecular complexity index is 851. The normalized spacial score (nSPS) is 10.5. The van der Waals surface area contributed by atoms with E-state index in [1.54, 1.807) is 6.08 Å². The number of amides is 1. The molecule has 0 aromatic heterocycles. The van der Waals surface area contributed by atoms with Crippen LogP contribution >= 0.6 is 23.8 Å². The second kappa shape index (κ2) is 8.36. The molecule has 0 aliphatic carbocycles. The first kappa shape index (κ1) is 18.6. The van der Waals surface area contributed by atoms with Gasteiger partial charge in [-0.05, 0) is 36.8 Å². The number of hydrogen-bond donors (Lipinski definition) is 2. The van der Waals surface area contributed by atoms with Crippen LogP contribution in [0, 0.1) is 17.0 Å².